The molecule has 0 aliphatic carbocycles. The summed E-state index contributed by atoms with van der Waals surface area (Å²) in [7, 11) is 1.86. The van der Waals surface area contributed by atoms with Gasteiger partial charge in [0.05, 0.1) is 13.6 Å². The molecule has 0 atom stereocenters. The average molecular weight is 180 g/mol. The van der Waals surface area contributed by atoms with Gasteiger partial charge in [-0.2, -0.15) is 0 Å². The van der Waals surface area contributed by atoms with Crippen molar-refractivity contribution in [3.63, 3.8) is 0 Å². The summed E-state index contributed by atoms with van der Waals surface area (Å²) in [5.41, 5.74) is 0. The molecule has 0 N–H and O–H groups in total. The Bertz CT molecular complexity index is 242. The molecule has 0 saturated heterocycles. The number of nitrogens with zero attached hydrogens (tertiary/aromatic N) is 2. The van der Waals surface area contributed by atoms with E-state index in [2.05, 4.69) is 0 Å². The third-order valence-electron chi connectivity index (χ3n) is 1.39. The number of imidazole rings is 1. The summed E-state index contributed by atoms with van der Waals surface area (Å²) in [5.74, 6) is 0. The van der Waals surface area contributed by atoms with Gasteiger partial charge in [-0.05, 0) is 30.1 Å². The smallest absolute Gasteiger partial charge is 0.222 e. The van der Waals surface area contributed by atoms with Gasteiger partial charge in [-0.25, -0.2) is 9.13 Å². The molecule has 0 amide bonds. The van der Waals surface area contributed by atoms with E-state index >= 15 is 0 Å². The zero-order valence-electron chi connectivity index (χ0n) is 5.93. The van der Waals surface area contributed by atoms with Gasteiger partial charge in [0.1, 0.15) is 0 Å². The van der Waals surface area contributed by atoms with Gasteiger partial charge in [0.2, 0.25) is 6.33 Å². The Hall–Kier alpha value is -0.210. The minimum absolute atomic E-state index is 0.587. The zero-order chi connectivity index (χ0) is 7.72. The molecule has 0 bridgehead atoms. The predicted molar refractivity (Wildman–Crippen MR) is 41.3 cm³/mol. The Morgan fingerprint density at radius 2 is 2.20 bits per heavy atom. The molecule has 10 heavy (non-hydrogen) atoms. The Kier molecular flexibility index (Phi) is 2.21. The first kappa shape index (κ1) is 7.89. The van der Waals surface area contributed by atoms with Gasteiger partial charge in [-0.1, -0.05) is 0 Å². The summed E-state index contributed by atoms with van der Waals surface area (Å²) in [6, 6.07) is 0. The number of hydrogen-bond acceptors (Lipinski definition) is 0. The van der Waals surface area contributed by atoms with E-state index in [1.807, 2.05) is 24.9 Å². The number of aryl methyl sites for hydroxylation is 2. The van der Waals surface area contributed by atoms with Crippen LogP contribution in [0.3, 0.4) is 0 Å². The van der Waals surface area contributed by atoms with Gasteiger partial charge >= 0.3 is 0 Å². The van der Waals surface area contributed by atoms with E-state index in [-0.39, 0.29) is 0 Å². The molecule has 0 unspecified atom stereocenters. The fraction of sp³-hybridized carbons (Fsp3) is 0.500. The first-order valence-electron chi connectivity index (χ1n) is 3.06. The van der Waals surface area contributed by atoms with Crippen LogP contribution in [0.1, 0.15) is 6.92 Å². The van der Waals surface area contributed by atoms with Crippen LogP contribution in [0.5, 0.6) is 0 Å². The SMILES string of the molecule is CCn1c[n+](C)c(Cl)c1Cl. The molecule has 0 radical (unpaired) electrons. The van der Waals surface area contributed by atoms with Gasteiger partial charge in [-0.3, -0.25) is 0 Å². The van der Waals surface area contributed by atoms with Crippen LogP contribution in [-0.2, 0) is 13.6 Å². The van der Waals surface area contributed by atoms with Crippen molar-refractivity contribution in [2.24, 2.45) is 7.05 Å². The predicted octanol–water partition coefficient (Wildman–Crippen LogP) is 1.64. The van der Waals surface area contributed by atoms with E-state index in [0.29, 0.717) is 10.3 Å². The summed E-state index contributed by atoms with van der Waals surface area (Å²) in [4.78, 5) is 0. The van der Waals surface area contributed by atoms with E-state index in [0.717, 1.165) is 6.54 Å². The summed E-state index contributed by atoms with van der Waals surface area (Å²) >= 11 is 11.6. The lowest BCUT2D eigenvalue weighted by atomic mass is 10.7. The van der Waals surface area contributed by atoms with Crippen LogP contribution in [0.2, 0.25) is 10.3 Å². The molecule has 4 heteroatoms. The molecule has 0 aliphatic rings. The topological polar surface area (TPSA) is 8.81 Å². The first-order valence-corrected chi connectivity index (χ1v) is 3.82. The third-order valence-corrected chi connectivity index (χ3v) is 2.32. The minimum Gasteiger partial charge on any atom is -0.222 e. The van der Waals surface area contributed by atoms with Gasteiger partial charge in [0, 0.05) is 0 Å². The quantitative estimate of drug-likeness (QED) is 0.581. The Balaban J connectivity index is 3.17. The van der Waals surface area contributed by atoms with Crippen LogP contribution >= 0.6 is 23.2 Å². The fourth-order valence-electron chi connectivity index (χ4n) is 0.795. The molecule has 2 nitrogen and oxygen atoms in total. The van der Waals surface area contributed by atoms with Crippen molar-refractivity contribution in [1.82, 2.24) is 4.57 Å². The molecule has 1 rings (SSSR count). The lowest BCUT2D eigenvalue weighted by molar-refractivity contribution is -0.668. The van der Waals surface area contributed by atoms with Gasteiger partial charge in [0.15, 0.2) is 0 Å². The highest BCUT2D eigenvalue weighted by Gasteiger charge is 2.15. The van der Waals surface area contributed by atoms with Crippen LogP contribution < -0.4 is 4.57 Å². The zero-order valence-corrected chi connectivity index (χ0v) is 7.45. The lowest BCUT2D eigenvalue weighted by Gasteiger charge is -1.85. The van der Waals surface area contributed by atoms with Crippen molar-refractivity contribution in [3.8, 4) is 0 Å². The maximum Gasteiger partial charge on any atom is 0.255 e. The molecule has 1 aromatic rings. The summed E-state index contributed by atoms with van der Waals surface area (Å²) in [6.07, 6.45) is 1.87. The summed E-state index contributed by atoms with van der Waals surface area (Å²) in [6.45, 7) is 2.86. The highest BCUT2D eigenvalue weighted by Crippen LogP contribution is 2.16. The summed E-state index contributed by atoms with van der Waals surface area (Å²) in [5, 5.41) is 1.19. The highest BCUT2D eigenvalue weighted by molar-refractivity contribution is 6.39. The fourth-order valence-corrected chi connectivity index (χ4v) is 1.24. The molecule has 0 aromatic carbocycles. The average Bonchev–Trinajstić information content (AvgIpc) is 2.17. The van der Waals surface area contributed by atoms with E-state index < -0.39 is 0 Å². The van der Waals surface area contributed by atoms with E-state index in [1.54, 1.807) is 4.57 Å². The van der Waals surface area contributed by atoms with Crippen LogP contribution in [-0.4, -0.2) is 4.57 Å². The number of rotatable bonds is 1. The van der Waals surface area contributed by atoms with Crippen LogP contribution in [0, 0.1) is 0 Å². The van der Waals surface area contributed by atoms with E-state index in [1.165, 1.54) is 0 Å². The number of hydrogen-bond donors (Lipinski definition) is 0. The molecule has 56 valence electrons. The van der Waals surface area contributed by atoms with Crippen LogP contribution in [0.25, 0.3) is 0 Å². The molecule has 0 saturated carbocycles. The van der Waals surface area contributed by atoms with Crippen molar-refractivity contribution in [2.75, 3.05) is 0 Å². The van der Waals surface area contributed by atoms with Crippen molar-refractivity contribution in [2.45, 2.75) is 13.5 Å². The maximum atomic E-state index is 5.82. The molecule has 0 fully saturated rings. The van der Waals surface area contributed by atoms with Gasteiger partial charge < -0.3 is 0 Å². The number of aromatic nitrogens is 2. The van der Waals surface area contributed by atoms with Crippen molar-refractivity contribution >= 4 is 23.2 Å². The molecule has 0 spiro atoms. The largest absolute Gasteiger partial charge is 0.255 e. The van der Waals surface area contributed by atoms with E-state index in [9.17, 15) is 0 Å². The second-order valence-electron chi connectivity index (χ2n) is 2.09. The van der Waals surface area contributed by atoms with Gasteiger partial charge in [-0.15, -0.1) is 0 Å². The van der Waals surface area contributed by atoms with E-state index in [4.69, 9.17) is 23.2 Å². The second kappa shape index (κ2) is 2.81. The molecule has 1 heterocycles. The number of halogens is 2. The minimum atomic E-state index is 0.587. The van der Waals surface area contributed by atoms with Gasteiger partial charge in [0.25, 0.3) is 10.3 Å². The van der Waals surface area contributed by atoms with Crippen molar-refractivity contribution in [1.29, 1.82) is 0 Å². The highest BCUT2D eigenvalue weighted by atomic mass is 35.5. The normalized spacial score (nSPS) is 10.4. The Labute approximate surface area is 70.0 Å². The monoisotopic (exact) mass is 179 g/mol. The Morgan fingerprint density at radius 3 is 2.40 bits per heavy atom. The lowest BCUT2D eigenvalue weighted by Crippen LogP contribution is -2.25. The maximum absolute atomic E-state index is 5.82. The first-order chi connectivity index (χ1) is 4.66. The van der Waals surface area contributed by atoms with Crippen molar-refractivity contribution < 1.29 is 4.57 Å². The van der Waals surface area contributed by atoms with Crippen LogP contribution in [0.15, 0.2) is 6.33 Å². The standard InChI is InChI=1S/C6H9Cl2N2/c1-3-10-4-9(2)5(7)6(10)8/h4H,3H2,1-2H3/q+1. The second-order valence-corrected chi connectivity index (χ2v) is 2.81. The molecular formula is C6H9Cl2N2+. The van der Waals surface area contributed by atoms with Crippen molar-refractivity contribution in [3.05, 3.63) is 16.6 Å². The third kappa shape index (κ3) is 1.13. The molecular weight excluding hydrogens is 171 g/mol. The summed E-state index contributed by atoms with van der Waals surface area (Å²) < 4.78 is 3.66. The molecule has 1 aromatic heterocycles. The van der Waals surface area contributed by atoms with Crippen LogP contribution in [0.4, 0.5) is 0 Å². The Morgan fingerprint density at radius 1 is 1.60 bits per heavy atom. The molecule has 0 aliphatic heterocycles.